The maximum absolute atomic E-state index is 11.5. The number of anilines is 1. The normalized spacial score (nSPS) is 10.4. The largest absolute Gasteiger partial charge is 0.465 e. The highest BCUT2D eigenvalue weighted by Crippen LogP contribution is 2.16. The quantitative estimate of drug-likeness (QED) is 0.863. The minimum Gasteiger partial charge on any atom is -0.465 e. The van der Waals surface area contributed by atoms with Gasteiger partial charge in [0.1, 0.15) is 17.1 Å². The van der Waals surface area contributed by atoms with Crippen LogP contribution < -0.4 is 5.32 Å². The third kappa shape index (κ3) is 3.14. The molecule has 6 nitrogen and oxygen atoms in total. The van der Waals surface area contributed by atoms with Gasteiger partial charge in [0.25, 0.3) is 0 Å². The maximum atomic E-state index is 11.5. The van der Waals surface area contributed by atoms with Crippen molar-refractivity contribution in [3.63, 3.8) is 0 Å². The Hall–Kier alpha value is -2.37. The third-order valence-electron chi connectivity index (χ3n) is 2.78. The van der Waals surface area contributed by atoms with Gasteiger partial charge in [0.05, 0.1) is 13.7 Å². The standard InChI is InChI=1S/C14H17N3O3/c1-8-5-9(2)17-14(16-8)15-7-11-6-12(10(3)20-11)13(18)19-4/h5-6H,7H2,1-4H3,(H,15,16,17). The molecule has 0 aliphatic carbocycles. The molecule has 0 radical (unpaired) electrons. The maximum Gasteiger partial charge on any atom is 0.341 e. The van der Waals surface area contributed by atoms with Crippen molar-refractivity contribution in [3.8, 4) is 0 Å². The number of carbonyl (C=O) groups excluding carboxylic acids is 1. The molecule has 0 spiro atoms. The van der Waals surface area contributed by atoms with Gasteiger partial charge in [0.15, 0.2) is 0 Å². The van der Waals surface area contributed by atoms with Crippen LogP contribution in [0.5, 0.6) is 0 Å². The highest BCUT2D eigenvalue weighted by atomic mass is 16.5. The van der Waals surface area contributed by atoms with E-state index in [4.69, 9.17) is 4.42 Å². The molecule has 0 bridgehead atoms. The summed E-state index contributed by atoms with van der Waals surface area (Å²) in [6.07, 6.45) is 0. The average molecular weight is 275 g/mol. The van der Waals surface area contributed by atoms with Gasteiger partial charge in [-0.25, -0.2) is 14.8 Å². The van der Waals surface area contributed by atoms with Gasteiger partial charge < -0.3 is 14.5 Å². The molecule has 0 fully saturated rings. The number of hydrogen-bond donors (Lipinski definition) is 1. The van der Waals surface area contributed by atoms with Gasteiger partial charge >= 0.3 is 5.97 Å². The summed E-state index contributed by atoms with van der Waals surface area (Å²) in [5, 5.41) is 3.07. The van der Waals surface area contributed by atoms with Crippen molar-refractivity contribution in [1.82, 2.24) is 9.97 Å². The van der Waals surface area contributed by atoms with Crippen molar-refractivity contribution in [1.29, 1.82) is 0 Å². The summed E-state index contributed by atoms with van der Waals surface area (Å²) >= 11 is 0. The molecule has 0 amide bonds. The molecule has 106 valence electrons. The van der Waals surface area contributed by atoms with Crippen LogP contribution in [0.25, 0.3) is 0 Å². The van der Waals surface area contributed by atoms with Crippen LogP contribution >= 0.6 is 0 Å². The molecule has 0 unspecified atom stereocenters. The molecule has 0 aliphatic heterocycles. The van der Waals surface area contributed by atoms with Gasteiger partial charge in [-0.2, -0.15) is 0 Å². The topological polar surface area (TPSA) is 77.2 Å². The number of esters is 1. The zero-order valence-corrected chi connectivity index (χ0v) is 12.0. The summed E-state index contributed by atoms with van der Waals surface area (Å²) in [7, 11) is 1.34. The van der Waals surface area contributed by atoms with Crippen molar-refractivity contribution in [2.75, 3.05) is 12.4 Å². The number of ether oxygens (including phenoxy) is 1. The highest BCUT2D eigenvalue weighted by molar-refractivity contribution is 5.90. The summed E-state index contributed by atoms with van der Waals surface area (Å²) in [4.78, 5) is 20.0. The zero-order valence-electron chi connectivity index (χ0n) is 12.0. The lowest BCUT2D eigenvalue weighted by atomic mass is 10.2. The Labute approximate surface area is 117 Å². The molecule has 20 heavy (non-hydrogen) atoms. The summed E-state index contributed by atoms with van der Waals surface area (Å²) in [5.74, 6) is 1.30. The van der Waals surface area contributed by atoms with E-state index in [0.717, 1.165) is 11.4 Å². The second-order valence-electron chi connectivity index (χ2n) is 4.50. The number of nitrogens with one attached hydrogen (secondary N) is 1. The van der Waals surface area contributed by atoms with Crippen molar-refractivity contribution in [2.24, 2.45) is 0 Å². The second-order valence-corrected chi connectivity index (χ2v) is 4.50. The number of aryl methyl sites for hydroxylation is 3. The van der Waals surface area contributed by atoms with Crippen molar-refractivity contribution < 1.29 is 13.9 Å². The van der Waals surface area contributed by atoms with Crippen LogP contribution in [0, 0.1) is 20.8 Å². The Bertz CT molecular complexity index is 614. The fourth-order valence-electron chi connectivity index (χ4n) is 1.91. The van der Waals surface area contributed by atoms with E-state index in [1.54, 1.807) is 13.0 Å². The fourth-order valence-corrected chi connectivity index (χ4v) is 1.91. The fraction of sp³-hybridized carbons (Fsp3) is 0.357. The monoisotopic (exact) mass is 275 g/mol. The van der Waals surface area contributed by atoms with Crippen LogP contribution in [0.4, 0.5) is 5.95 Å². The second kappa shape index (κ2) is 5.73. The molecule has 2 heterocycles. The first kappa shape index (κ1) is 14.0. The lowest BCUT2D eigenvalue weighted by Crippen LogP contribution is -2.05. The summed E-state index contributed by atoms with van der Waals surface area (Å²) in [5.41, 5.74) is 2.22. The van der Waals surface area contributed by atoms with Crippen LogP contribution in [-0.2, 0) is 11.3 Å². The van der Waals surface area contributed by atoms with Crippen LogP contribution in [-0.4, -0.2) is 23.0 Å². The first-order valence-corrected chi connectivity index (χ1v) is 6.23. The average Bonchev–Trinajstić information content (AvgIpc) is 2.76. The zero-order chi connectivity index (χ0) is 14.7. The molecule has 2 rings (SSSR count). The molecule has 0 aliphatic rings. The molecule has 2 aromatic heterocycles. The Morgan fingerprint density at radius 3 is 2.50 bits per heavy atom. The number of carbonyl (C=O) groups is 1. The van der Waals surface area contributed by atoms with E-state index in [1.165, 1.54) is 7.11 Å². The minimum atomic E-state index is -0.403. The van der Waals surface area contributed by atoms with Crippen molar-refractivity contribution in [3.05, 3.63) is 40.6 Å². The molecule has 0 saturated carbocycles. The van der Waals surface area contributed by atoms with Crippen LogP contribution in [0.1, 0.15) is 33.3 Å². The predicted molar refractivity (Wildman–Crippen MR) is 73.6 cm³/mol. The molecular formula is C14H17N3O3. The van der Waals surface area contributed by atoms with Crippen LogP contribution in [0.2, 0.25) is 0 Å². The van der Waals surface area contributed by atoms with E-state index in [-0.39, 0.29) is 0 Å². The molecular weight excluding hydrogens is 258 g/mol. The first-order chi connectivity index (χ1) is 9.49. The lowest BCUT2D eigenvalue weighted by molar-refractivity contribution is 0.0599. The molecule has 2 aromatic rings. The summed E-state index contributed by atoms with van der Waals surface area (Å²) in [6, 6.07) is 3.56. The number of aromatic nitrogens is 2. The number of methoxy groups -OCH3 is 1. The van der Waals surface area contributed by atoms with E-state index in [0.29, 0.717) is 29.6 Å². The molecule has 0 saturated heterocycles. The van der Waals surface area contributed by atoms with Gasteiger partial charge in [-0.1, -0.05) is 0 Å². The molecule has 6 heteroatoms. The van der Waals surface area contributed by atoms with Crippen LogP contribution in [0.15, 0.2) is 16.5 Å². The molecule has 0 atom stereocenters. The smallest absolute Gasteiger partial charge is 0.341 e. The third-order valence-corrected chi connectivity index (χ3v) is 2.78. The number of nitrogens with zero attached hydrogens (tertiary/aromatic N) is 2. The van der Waals surface area contributed by atoms with Crippen LogP contribution in [0.3, 0.4) is 0 Å². The van der Waals surface area contributed by atoms with Crippen molar-refractivity contribution >= 4 is 11.9 Å². The van der Waals surface area contributed by atoms with E-state index < -0.39 is 5.97 Å². The van der Waals surface area contributed by atoms with Gasteiger partial charge in [-0.05, 0) is 32.9 Å². The SMILES string of the molecule is COC(=O)c1cc(CNc2nc(C)cc(C)n2)oc1C. The van der Waals surface area contributed by atoms with E-state index in [1.807, 2.05) is 19.9 Å². The Kier molecular flexibility index (Phi) is 4.02. The van der Waals surface area contributed by atoms with E-state index in [9.17, 15) is 4.79 Å². The number of hydrogen-bond acceptors (Lipinski definition) is 6. The number of rotatable bonds is 4. The first-order valence-electron chi connectivity index (χ1n) is 6.23. The van der Waals surface area contributed by atoms with Gasteiger partial charge in [0, 0.05) is 11.4 Å². The van der Waals surface area contributed by atoms with Gasteiger partial charge in [0.2, 0.25) is 5.95 Å². The van der Waals surface area contributed by atoms with Gasteiger partial charge in [-0.15, -0.1) is 0 Å². The van der Waals surface area contributed by atoms with E-state index >= 15 is 0 Å². The summed E-state index contributed by atoms with van der Waals surface area (Å²) < 4.78 is 10.2. The minimum absolute atomic E-state index is 0.403. The lowest BCUT2D eigenvalue weighted by Gasteiger charge is -2.04. The molecule has 1 N–H and O–H groups in total. The van der Waals surface area contributed by atoms with Crippen molar-refractivity contribution in [2.45, 2.75) is 27.3 Å². The Balaban J connectivity index is 2.09. The van der Waals surface area contributed by atoms with Gasteiger partial charge in [-0.3, -0.25) is 0 Å². The summed E-state index contributed by atoms with van der Waals surface area (Å²) in [6.45, 7) is 5.95. The predicted octanol–water partition coefficient (Wildman–Crippen LogP) is 2.39. The highest BCUT2D eigenvalue weighted by Gasteiger charge is 2.15. The Morgan fingerprint density at radius 1 is 1.25 bits per heavy atom. The number of furan rings is 1. The Morgan fingerprint density at radius 2 is 1.90 bits per heavy atom. The molecule has 0 aromatic carbocycles. The van der Waals surface area contributed by atoms with E-state index in [2.05, 4.69) is 20.0 Å².